The van der Waals surface area contributed by atoms with Crippen molar-refractivity contribution < 1.29 is 30.7 Å². The first-order valence-corrected chi connectivity index (χ1v) is 13.2. The topological polar surface area (TPSA) is 58.6 Å². The second-order valence-corrected chi connectivity index (χ2v) is 12.1. The molecule has 1 aliphatic heterocycles. The van der Waals surface area contributed by atoms with Crippen molar-refractivity contribution in [2.24, 2.45) is 0 Å². The third kappa shape index (κ3) is 6.04. The number of thiophene rings is 1. The van der Waals surface area contributed by atoms with Crippen molar-refractivity contribution in [2.75, 3.05) is 24.9 Å². The molecule has 0 amide bonds. The van der Waals surface area contributed by atoms with Gasteiger partial charge in [-0.05, 0) is 62.0 Å². The van der Waals surface area contributed by atoms with Gasteiger partial charge in [-0.3, -0.25) is 4.72 Å². The van der Waals surface area contributed by atoms with Gasteiger partial charge in [-0.2, -0.15) is 13.2 Å². The molecule has 1 aromatic heterocycles. The second-order valence-electron chi connectivity index (χ2n) is 7.73. The van der Waals surface area contributed by atoms with Gasteiger partial charge in [0.15, 0.2) is 0 Å². The van der Waals surface area contributed by atoms with Gasteiger partial charge >= 0.3 is 6.18 Å². The lowest BCUT2D eigenvalue weighted by atomic mass is 10.1. The Kier molecular flexibility index (Phi) is 7.13. The number of hydrogen-bond donors (Lipinski definition) is 1. The van der Waals surface area contributed by atoms with Crippen LogP contribution in [0.4, 0.5) is 23.2 Å². The summed E-state index contributed by atoms with van der Waals surface area (Å²) in [5.74, 6) is -0.783. The Balaban J connectivity index is 1.53. The Morgan fingerprint density at radius 3 is 2.50 bits per heavy atom. The largest absolute Gasteiger partial charge is 0.488 e. The summed E-state index contributed by atoms with van der Waals surface area (Å²) in [4.78, 5) is 2.69. The maximum Gasteiger partial charge on any atom is 0.419 e. The first-order chi connectivity index (χ1) is 16.0. The number of nitrogens with zero attached hydrogens (tertiary/aromatic N) is 1. The Labute approximate surface area is 202 Å². The van der Waals surface area contributed by atoms with Gasteiger partial charge in [0.05, 0.1) is 15.5 Å². The Morgan fingerprint density at radius 1 is 1.12 bits per heavy atom. The van der Waals surface area contributed by atoms with E-state index in [0.717, 1.165) is 34.4 Å². The van der Waals surface area contributed by atoms with Crippen LogP contribution in [0.25, 0.3) is 0 Å². The zero-order chi connectivity index (χ0) is 24.5. The molecule has 0 bridgehead atoms. The number of alkyl halides is 3. The van der Waals surface area contributed by atoms with Crippen LogP contribution in [0.2, 0.25) is 0 Å². The summed E-state index contributed by atoms with van der Waals surface area (Å²) in [5.41, 5.74) is -0.991. The van der Waals surface area contributed by atoms with E-state index < -0.39 is 33.6 Å². The number of ether oxygens (including phenoxy) is 1. The fourth-order valence-electron chi connectivity index (χ4n) is 3.41. The Hall–Kier alpha value is -2.28. The first kappa shape index (κ1) is 24.8. The highest BCUT2D eigenvalue weighted by Gasteiger charge is 2.36. The van der Waals surface area contributed by atoms with Gasteiger partial charge in [0.1, 0.15) is 21.9 Å². The van der Waals surface area contributed by atoms with E-state index >= 15 is 0 Å². The Bertz CT molecular complexity index is 1260. The molecule has 34 heavy (non-hydrogen) atoms. The number of likely N-dealkylation sites (N-methyl/N-ethyl adjacent to an activating group) is 1. The third-order valence-corrected chi connectivity index (χ3v) is 9.13. The lowest BCUT2D eigenvalue weighted by Crippen LogP contribution is -2.23. The van der Waals surface area contributed by atoms with Crippen molar-refractivity contribution in [3.8, 4) is 5.75 Å². The average Bonchev–Trinajstić information content (AvgIpc) is 3.38. The van der Waals surface area contributed by atoms with Gasteiger partial charge in [-0.1, -0.05) is 11.8 Å². The average molecular weight is 533 g/mol. The zero-order valence-electron chi connectivity index (χ0n) is 17.8. The summed E-state index contributed by atoms with van der Waals surface area (Å²) in [5, 5.41) is 0. The molecule has 1 atom stereocenters. The number of benzene rings is 2. The standard InChI is InChI=1S/C22H20F4N2O3S3/c1-28-11-10-16(13-28)31-19-12-15(4-7-18(19)22(24,25)26)27-34(29,30)21-9-8-20(33-21)32-17-5-2-14(23)3-6-17/h2-9,12,16,27H,10-11,13H2,1H3/t16-/m1/s1. The molecule has 182 valence electrons. The van der Waals surface area contributed by atoms with Crippen LogP contribution < -0.4 is 9.46 Å². The molecule has 0 spiro atoms. The van der Waals surface area contributed by atoms with E-state index in [9.17, 15) is 26.0 Å². The van der Waals surface area contributed by atoms with Crippen LogP contribution in [0.15, 0.2) is 67.9 Å². The van der Waals surface area contributed by atoms with E-state index in [2.05, 4.69) is 4.72 Å². The SMILES string of the molecule is CN1CC[C@@H](Oc2cc(NS(=O)(=O)c3ccc(Sc4ccc(F)cc4)s3)ccc2C(F)(F)F)C1. The number of halogens is 4. The quantitative estimate of drug-likeness (QED) is 0.382. The van der Waals surface area contributed by atoms with Gasteiger partial charge in [0.25, 0.3) is 10.0 Å². The lowest BCUT2D eigenvalue weighted by Gasteiger charge is -2.19. The van der Waals surface area contributed by atoms with Crippen LogP contribution in [0, 0.1) is 5.82 Å². The van der Waals surface area contributed by atoms with E-state index in [1.165, 1.54) is 30.0 Å². The van der Waals surface area contributed by atoms with E-state index in [4.69, 9.17) is 4.74 Å². The molecule has 1 saturated heterocycles. The van der Waals surface area contributed by atoms with Crippen molar-refractivity contribution >= 4 is 38.8 Å². The molecule has 1 N–H and O–H groups in total. The molecule has 3 aromatic rings. The molecule has 1 fully saturated rings. The number of nitrogens with one attached hydrogen (secondary N) is 1. The number of hydrogen-bond acceptors (Lipinski definition) is 6. The van der Waals surface area contributed by atoms with Crippen LogP contribution in [0.1, 0.15) is 12.0 Å². The molecule has 5 nitrogen and oxygen atoms in total. The molecular formula is C22H20F4N2O3S3. The van der Waals surface area contributed by atoms with Crippen molar-refractivity contribution in [2.45, 2.75) is 32.0 Å². The summed E-state index contributed by atoms with van der Waals surface area (Å²) >= 11 is 2.27. The minimum atomic E-state index is -4.64. The summed E-state index contributed by atoms with van der Waals surface area (Å²) in [7, 11) is -2.19. The van der Waals surface area contributed by atoms with Crippen LogP contribution >= 0.6 is 23.1 Å². The smallest absolute Gasteiger partial charge is 0.419 e. The number of rotatable bonds is 7. The summed E-state index contributed by atoms with van der Waals surface area (Å²) in [6.45, 7) is 1.19. The van der Waals surface area contributed by atoms with Gasteiger partial charge in [0.2, 0.25) is 0 Å². The molecule has 0 unspecified atom stereocenters. The number of likely N-dealkylation sites (tertiary alicyclic amines) is 1. The summed E-state index contributed by atoms with van der Waals surface area (Å²) in [6.07, 6.45) is -4.48. The summed E-state index contributed by atoms with van der Waals surface area (Å²) < 4.78 is 87.9. The molecule has 12 heteroatoms. The fourth-order valence-corrected chi connectivity index (χ4v) is 7.03. The van der Waals surface area contributed by atoms with Crippen molar-refractivity contribution in [3.63, 3.8) is 0 Å². The van der Waals surface area contributed by atoms with Crippen molar-refractivity contribution in [1.82, 2.24) is 4.90 Å². The van der Waals surface area contributed by atoms with Crippen LogP contribution in [0.5, 0.6) is 5.75 Å². The van der Waals surface area contributed by atoms with Crippen molar-refractivity contribution in [1.29, 1.82) is 0 Å². The molecule has 1 aliphatic rings. The summed E-state index contributed by atoms with van der Waals surface area (Å²) in [6, 6.07) is 11.8. The predicted octanol–water partition coefficient (Wildman–Crippen LogP) is 5.94. The molecular weight excluding hydrogens is 512 g/mol. The highest BCUT2D eigenvalue weighted by Crippen LogP contribution is 2.40. The van der Waals surface area contributed by atoms with Gasteiger partial charge in [0, 0.05) is 24.1 Å². The fraction of sp³-hybridized carbons (Fsp3) is 0.273. The van der Waals surface area contributed by atoms with Gasteiger partial charge in [-0.25, -0.2) is 12.8 Å². The van der Waals surface area contributed by atoms with Gasteiger partial charge < -0.3 is 9.64 Å². The minimum Gasteiger partial charge on any atom is -0.488 e. The molecule has 2 aromatic carbocycles. The highest BCUT2D eigenvalue weighted by molar-refractivity contribution is 8.02. The Morgan fingerprint density at radius 2 is 1.85 bits per heavy atom. The number of anilines is 1. The van der Waals surface area contributed by atoms with Crippen molar-refractivity contribution in [3.05, 3.63) is 66.0 Å². The van der Waals surface area contributed by atoms with Gasteiger partial charge in [-0.15, -0.1) is 11.3 Å². The minimum absolute atomic E-state index is 0.00287. The maximum absolute atomic E-state index is 13.5. The molecule has 0 saturated carbocycles. The monoisotopic (exact) mass is 532 g/mol. The highest BCUT2D eigenvalue weighted by atomic mass is 32.3. The zero-order valence-corrected chi connectivity index (χ0v) is 20.3. The molecule has 0 aliphatic carbocycles. The lowest BCUT2D eigenvalue weighted by molar-refractivity contribution is -0.139. The normalized spacial score (nSPS) is 17.1. The predicted molar refractivity (Wildman–Crippen MR) is 124 cm³/mol. The second kappa shape index (κ2) is 9.76. The maximum atomic E-state index is 13.5. The van der Waals surface area contributed by atoms with Crippen LogP contribution in [-0.2, 0) is 16.2 Å². The van der Waals surface area contributed by atoms with E-state index in [1.807, 2.05) is 11.9 Å². The van der Waals surface area contributed by atoms with Crippen LogP contribution in [0.3, 0.4) is 0 Å². The van der Waals surface area contributed by atoms with Crippen LogP contribution in [-0.4, -0.2) is 39.6 Å². The molecule has 2 heterocycles. The van der Waals surface area contributed by atoms with E-state index in [0.29, 0.717) is 23.7 Å². The molecule has 0 radical (unpaired) electrons. The third-order valence-electron chi connectivity index (χ3n) is 5.03. The molecule has 4 rings (SSSR count). The van der Waals surface area contributed by atoms with E-state index in [1.54, 1.807) is 18.2 Å². The van der Waals surface area contributed by atoms with E-state index in [-0.39, 0.29) is 15.7 Å². The first-order valence-electron chi connectivity index (χ1n) is 10.1. The number of sulfonamides is 1.